The lowest BCUT2D eigenvalue weighted by molar-refractivity contribution is 0.246. The van der Waals surface area contributed by atoms with Gasteiger partial charge in [0.2, 0.25) is 5.95 Å². The summed E-state index contributed by atoms with van der Waals surface area (Å²) in [5, 5.41) is 17.4. The zero-order valence-electron chi connectivity index (χ0n) is 15.5. The Labute approximate surface area is 162 Å². The summed E-state index contributed by atoms with van der Waals surface area (Å²) in [7, 11) is 1.77. The average molecular weight is 379 g/mol. The summed E-state index contributed by atoms with van der Waals surface area (Å²) in [6.45, 7) is 1.57. The molecule has 10 nitrogen and oxygen atoms in total. The average Bonchev–Trinajstić information content (AvgIpc) is 3.15. The second-order valence-electron chi connectivity index (χ2n) is 6.64. The molecule has 0 aliphatic carbocycles. The molecule has 0 radical (unpaired) electrons. The van der Waals surface area contributed by atoms with Crippen LogP contribution in [0.1, 0.15) is 12.8 Å². The van der Waals surface area contributed by atoms with E-state index >= 15 is 0 Å². The van der Waals surface area contributed by atoms with Crippen molar-refractivity contribution in [2.45, 2.75) is 18.9 Å². The molecule has 28 heavy (non-hydrogen) atoms. The van der Waals surface area contributed by atoms with Crippen LogP contribution in [0.5, 0.6) is 0 Å². The lowest BCUT2D eigenvalue weighted by atomic mass is 10.1. The zero-order chi connectivity index (χ0) is 19.3. The minimum atomic E-state index is -0.242. The monoisotopic (exact) mass is 379 g/mol. The number of piperidine rings is 1. The summed E-state index contributed by atoms with van der Waals surface area (Å²) in [5.74, 6) is 1.33. The molecule has 10 heteroatoms. The van der Waals surface area contributed by atoms with Gasteiger partial charge in [-0.3, -0.25) is 0 Å². The molecule has 1 saturated heterocycles. The number of tetrazole rings is 1. The third-order valence-electron chi connectivity index (χ3n) is 4.59. The maximum absolute atomic E-state index is 12.5. The van der Waals surface area contributed by atoms with Gasteiger partial charge in [0.05, 0.1) is 0 Å². The quantitative estimate of drug-likeness (QED) is 0.705. The number of benzene rings is 1. The minimum absolute atomic E-state index is 0.0312. The van der Waals surface area contributed by atoms with Crippen molar-refractivity contribution >= 4 is 17.7 Å². The molecule has 1 atom stereocenters. The number of aryl methyl sites for hydroxylation is 1. The van der Waals surface area contributed by atoms with Crippen molar-refractivity contribution in [3.63, 3.8) is 0 Å². The molecule has 1 aliphatic heterocycles. The molecule has 1 aromatic carbocycles. The van der Waals surface area contributed by atoms with Gasteiger partial charge in [0.15, 0.2) is 5.82 Å². The Bertz CT molecular complexity index is 943. The third kappa shape index (κ3) is 4.05. The first-order valence-electron chi connectivity index (χ1n) is 9.11. The second kappa shape index (κ2) is 7.99. The molecule has 0 spiro atoms. The van der Waals surface area contributed by atoms with Crippen molar-refractivity contribution in [1.82, 2.24) is 35.5 Å². The molecular formula is C18H21N9O. The number of hydrogen-bond acceptors (Lipinski definition) is 7. The van der Waals surface area contributed by atoms with E-state index in [1.54, 1.807) is 30.2 Å². The SMILES string of the molecule is Cn1nnnc1-c1cccc(NC(=O)NC2CCCN(c3ncccn3)C2)c1. The number of anilines is 2. The standard InChI is InChI=1S/C18H21N9O/c1-26-16(23-24-25-26)13-5-2-6-14(11-13)21-18(28)22-15-7-3-10-27(12-15)17-19-8-4-9-20-17/h2,4-6,8-9,11,15H,3,7,10,12H2,1H3,(H2,21,22,28). The Balaban J connectivity index is 1.37. The fraction of sp³-hybridized carbons (Fsp3) is 0.333. The van der Waals surface area contributed by atoms with Crippen LogP contribution in [0.4, 0.5) is 16.4 Å². The Hall–Kier alpha value is -3.56. The third-order valence-corrected chi connectivity index (χ3v) is 4.59. The second-order valence-corrected chi connectivity index (χ2v) is 6.64. The lowest BCUT2D eigenvalue weighted by Crippen LogP contribution is -2.49. The summed E-state index contributed by atoms with van der Waals surface area (Å²) in [6, 6.07) is 9.01. The van der Waals surface area contributed by atoms with E-state index in [-0.39, 0.29) is 12.1 Å². The number of urea groups is 1. The van der Waals surface area contributed by atoms with Crippen molar-refractivity contribution in [3.05, 3.63) is 42.7 Å². The molecule has 1 aliphatic rings. The topological polar surface area (TPSA) is 114 Å². The van der Waals surface area contributed by atoms with E-state index in [2.05, 4.69) is 41.0 Å². The fourth-order valence-corrected chi connectivity index (χ4v) is 3.29. The predicted octanol–water partition coefficient (Wildman–Crippen LogP) is 1.46. The van der Waals surface area contributed by atoms with Gasteiger partial charge in [-0.15, -0.1) is 5.10 Å². The van der Waals surface area contributed by atoms with Crippen molar-refractivity contribution < 1.29 is 4.79 Å². The van der Waals surface area contributed by atoms with E-state index < -0.39 is 0 Å². The van der Waals surface area contributed by atoms with Crippen molar-refractivity contribution in [2.24, 2.45) is 7.05 Å². The molecule has 2 aromatic heterocycles. The van der Waals surface area contributed by atoms with Crippen LogP contribution in [0, 0.1) is 0 Å². The number of amides is 2. The minimum Gasteiger partial charge on any atom is -0.339 e. The largest absolute Gasteiger partial charge is 0.339 e. The van der Waals surface area contributed by atoms with Gasteiger partial charge in [0, 0.05) is 49.8 Å². The molecule has 2 N–H and O–H groups in total. The highest BCUT2D eigenvalue weighted by molar-refractivity contribution is 5.90. The molecular weight excluding hydrogens is 358 g/mol. The van der Waals surface area contributed by atoms with Crippen molar-refractivity contribution in [2.75, 3.05) is 23.3 Å². The lowest BCUT2D eigenvalue weighted by Gasteiger charge is -2.33. The number of aromatic nitrogens is 6. The number of carbonyl (C=O) groups is 1. The number of rotatable bonds is 4. The van der Waals surface area contributed by atoms with Crippen LogP contribution in [-0.2, 0) is 7.05 Å². The maximum atomic E-state index is 12.5. The van der Waals surface area contributed by atoms with Gasteiger partial charge < -0.3 is 15.5 Å². The Morgan fingerprint density at radius 1 is 1.21 bits per heavy atom. The maximum Gasteiger partial charge on any atom is 0.319 e. The van der Waals surface area contributed by atoms with Crippen LogP contribution in [0.25, 0.3) is 11.4 Å². The molecule has 0 bridgehead atoms. The fourth-order valence-electron chi connectivity index (χ4n) is 3.29. The van der Waals surface area contributed by atoms with E-state index in [1.807, 2.05) is 24.3 Å². The Morgan fingerprint density at radius 2 is 2.07 bits per heavy atom. The number of nitrogens with zero attached hydrogens (tertiary/aromatic N) is 7. The number of nitrogens with one attached hydrogen (secondary N) is 2. The summed E-state index contributed by atoms with van der Waals surface area (Å²) < 4.78 is 1.58. The highest BCUT2D eigenvalue weighted by atomic mass is 16.2. The molecule has 1 unspecified atom stereocenters. The van der Waals surface area contributed by atoms with Gasteiger partial charge in [-0.05, 0) is 41.5 Å². The highest BCUT2D eigenvalue weighted by Crippen LogP contribution is 2.20. The smallest absolute Gasteiger partial charge is 0.319 e. The van der Waals surface area contributed by atoms with Gasteiger partial charge in [-0.25, -0.2) is 19.4 Å². The molecule has 3 aromatic rings. The van der Waals surface area contributed by atoms with Crippen LogP contribution < -0.4 is 15.5 Å². The van der Waals surface area contributed by atoms with Crippen molar-refractivity contribution in [3.8, 4) is 11.4 Å². The van der Waals surface area contributed by atoms with E-state index in [4.69, 9.17) is 0 Å². The molecule has 3 heterocycles. The van der Waals surface area contributed by atoms with Gasteiger partial charge >= 0.3 is 6.03 Å². The van der Waals surface area contributed by atoms with E-state index in [9.17, 15) is 4.79 Å². The Kier molecular flexibility index (Phi) is 5.09. The summed E-state index contributed by atoms with van der Waals surface area (Å²) in [6.07, 6.45) is 5.34. The summed E-state index contributed by atoms with van der Waals surface area (Å²) >= 11 is 0. The molecule has 1 fully saturated rings. The van der Waals surface area contributed by atoms with Gasteiger partial charge in [0.1, 0.15) is 0 Å². The summed E-state index contributed by atoms with van der Waals surface area (Å²) in [5.41, 5.74) is 1.51. The number of hydrogen-bond donors (Lipinski definition) is 2. The molecule has 144 valence electrons. The van der Waals surface area contributed by atoms with Gasteiger partial charge in [-0.1, -0.05) is 12.1 Å². The van der Waals surface area contributed by atoms with E-state index in [0.717, 1.165) is 24.9 Å². The molecule has 2 amide bonds. The molecule has 4 rings (SSSR count). The first-order valence-corrected chi connectivity index (χ1v) is 9.11. The van der Waals surface area contributed by atoms with Crippen LogP contribution in [0.3, 0.4) is 0 Å². The Morgan fingerprint density at radius 3 is 2.86 bits per heavy atom. The van der Waals surface area contributed by atoms with Crippen LogP contribution in [0.15, 0.2) is 42.7 Å². The van der Waals surface area contributed by atoms with Gasteiger partial charge in [0.25, 0.3) is 0 Å². The van der Waals surface area contributed by atoms with Crippen molar-refractivity contribution in [1.29, 1.82) is 0 Å². The van der Waals surface area contributed by atoms with Gasteiger partial charge in [-0.2, -0.15) is 0 Å². The highest BCUT2D eigenvalue weighted by Gasteiger charge is 2.23. The predicted molar refractivity (Wildman–Crippen MR) is 104 cm³/mol. The first-order chi connectivity index (χ1) is 13.7. The zero-order valence-corrected chi connectivity index (χ0v) is 15.5. The van der Waals surface area contributed by atoms with E-state index in [1.165, 1.54) is 0 Å². The summed E-state index contributed by atoms with van der Waals surface area (Å²) in [4.78, 5) is 23.2. The molecule has 0 saturated carbocycles. The van der Waals surface area contributed by atoms with E-state index in [0.29, 0.717) is 24.0 Å². The number of carbonyl (C=O) groups excluding carboxylic acids is 1. The first kappa shape index (κ1) is 17.8. The van der Waals surface area contributed by atoms with Crippen LogP contribution >= 0.6 is 0 Å². The normalized spacial score (nSPS) is 16.6. The van der Waals surface area contributed by atoms with Crippen LogP contribution in [-0.4, -0.2) is 55.3 Å². The van der Waals surface area contributed by atoms with Crippen LogP contribution in [0.2, 0.25) is 0 Å².